The smallest absolute Gasteiger partial charge is 0.227 e. The van der Waals surface area contributed by atoms with Gasteiger partial charge in [-0.15, -0.1) is 0 Å². The van der Waals surface area contributed by atoms with Crippen LogP contribution in [0.2, 0.25) is 0 Å². The number of fused-ring (bicyclic) bond motifs is 2. The van der Waals surface area contributed by atoms with Gasteiger partial charge in [0.05, 0.1) is 0 Å². The molecule has 0 aliphatic heterocycles. The second-order valence-electron chi connectivity index (χ2n) is 6.14. The maximum Gasteiger partial charge on any atom is 0.227 e. The summed E-state index contributed by atoms with van der Waals surface area (Å²) in [6, 6.07) is 17.7. The predicted octanol–water partition coefficient (Wildman–Crippen LogP) is 6.15. The topological polar surface area (TPSA) is 55.1 Å². The number of halogens is 1. The van der Waals surface area contributed by atoms with Crippen LogP contribution >= 0.6 is 15.9 Å². The van der Waals surface area contributed by atoms with Crippen molar-refractivity contribution in [3.05, 3.63) is 59.1 Å². The number of benzene rings is 3. The summed E-state index contributed by atoms with van der Waals surface area (Å²) in [4.78, 5) is 16.4. The van der Waals surface area contributed by atoms with Crippen LogP contribution in [-0.2, 0) is 4.79 Å². The van der Waals surface area contributed by atoms with Crippen molar-refractivity contribution in [2.24, 2.45) is 0 Å². The summed E-state index contributed by atoms with van der Waals surface area (Å²) in [5.74, 6) is 0.579. The van der Waals surface area contributed by atoms with Crippen LogP contribution in [0.3, 0.4) is 0 Å². The normalized spacial score (nSPS) is 11.2. The van der Waals surface area contributed by atoms with Gasteiger partial charge in [-0.3, -0.25) is 4.79 Å². The molecule has 26 heavy (non-hydrogen) atoms. The molecule has 3 aromatic carbocycles. The third kappa shape index (κ3) is 3.10. The highest BCUT2D eigenvalue weighted by atomic mass is 79.9. The molecule has 0 radical (unpaired) electrons. The van der Waals surface area contributed by atoms with Gasteiger partial charge in [-0.25, -0.2) is 4.98 Å². The molecule has 1 heterocycles. The number of amides is 1. The number of anilines is 1. The summed E-state index contributed by atoms with van der Waals surface area (Å²) in [7, 11) is 0. The highest BCUT2D eigenvalue weighted by molar-refractivity contribution is 9.10. The van der Waals surface area contributed by atoms with E-state index >= 15 is 0 Å². The van der Waals surface area contributed by atoms with Crippen LogP contribution in [0.15, 0.2) is 63.5 Å². The largest absolute Gasteiger partial charge is 0.436 e. The third-order valence-corrected chi connectivity index (χ3v) is 4.94. The van der Waals surface area contributed by atoms with Gasteiger partial charge in [0, 0.05) is 22.1 Å². The van der Waals surface area contributed by atoms with Crippen molar-refractivity contribution in [3.8, 4) is 11.5 Å². The highest BCUT2D eigenvalue weighted by Gasteiger charge is 2.13. The zero-order valence-corrected chi connectivity index (χ0v) is 15.8. The number of rotatable bonds is 4. The number of hydrogen-bond donors (Lipinski definition) is 1. The molecule has 0 spiro atoms. The lowest BCUT2D eigenvalue weighted by atomic mass is 10.0. The second-order valence-corrected chi connectivity index (χ2v) is 6.99. The van der Waals surface area contributed by atoms with Crippen molar-refractivity contribution in [1.82, 2.24) is 4.98 Å². The van der Waals surface area contributed by atoms with Crippen LogP contribution in [0.1, 0.15) is 19.8 Å². The maximum absolute atomic E-state index is 11.8. The van der Waals surface area contributed by atoms with Crippen LogP contribution in [0, 0.1) is 0 Å². The molecule has 1 amide bonds. The van der Waals surface area contributed by atoms with Gasteiger partial charge >= 0.3 is 0 Å². The van der Waals surface area contributed by atoms with E-state index in [0.29, 0.717) is 17.9 Å². The van der Waals surface area contributed by atoms with Crippen molar-refractivity contribution >= 4 is 49.4 Å². The van der Waals surface area contributed by atoms with Crippen molar-refractivity contribution in [1.29, 1.82) is 0 Å². The fourth-order valence-electron chi connectivity index (χ4n) is 3.03. The Morgan fingerprint density at radius 2 is 1.92 bits per heavy atom. The van der Waals surface area contributed by atoms with E-state index in [1.165, 1.54) is 0 Å². The first-order valence-corrected chi connectivity index (χ1v) is 9.33. The molecule has 0 unspecified atom stereocenters. The van der Waals surface area contributed by atoms with Crippen LogP contribution in [0.4, 0.5) is 5.69 Å². The highest BCUT2D eigenvalue weighted by Crippen LogP contribution is 2.34. The summed E-state index contributed by atoms with van der Waals surface area (Å²) in [6.45, 7) is 1.98. The van der Waals surface area contributed by atoms with Crippen molar-refractivity contribution in [3.63, 3.8) is 0 Å². The first kappa shape index (κ1) is 16.8. The number of oxazole rings is 1. The lowest BCUT2D eigenvalue weighted by Gasteiger charge is -2.04. The van der Waals surface area contributed by atoms with Gasteiger partial charge in [0.25, 0.3) is 0 Å². The van der Waals surface area contributed by atoms with Crippen molar-refractivity contribution in [2.45, 2.75) is 19.8 Å². The van der Waals surface area contributed by atoms with Gasteiger partial charge in [0.2, 0.25) is 11.8 Å². The molecule has 1 aromatic heterocycles. The Bertz CT molecular complexity index is 1120. The van der Waals surface area contributed by atoms with E-state index in [0.717, 1.165) is 38.4 Å². The first-order chi connectivity index (χ1) is 12.7. The van der Waals surface area contributed by atoms with Crippen LogP contribution in [0.5, 0.6) is 0 Å². The summed E-state index contributed by atoms with van der Waals surface area (Å²) in [6.07, 6.45) is 1.33. The number of carbonyl (C=O) groups is 1. The lowest BCUT2D eigenvalue weighted by Crippen LogP contribution is -2.10. The Kier molecular flexibility index (Phi) is 4.47. The van der Waals surface area contributed by atoms with Gasteiger partial charge < -0.3 is 9.73 Å². The number of hydrogen-bond acceptors (Lipinski definition) is 3. The van der Waals surface area contributed by atoms with Gasteiger partial charge in [0.1, 0.15) is 5.52 Å². The molecule has 0 saturated carbocycles. The van der Waals surface area contributed by atoms with Crippen LogP contribution in [-0.4, -0.2) is 10.9 Å². The Balaban J connectivity index is 1.77. The lowest BCUT2D eigenvalue weighted by molar-refractivity contribution is -0.116. The van der Waals surface area contributed by atoms with E-state index in [2.05, 4.69) is 38.4 Å². The van der Waals surface area contributed by atoms with E-state index < -0.39 is 0 Å². The Labute approximate surface area is 159 Å². The van der Waals surface area contributed by atoms with Crippen LogP contribution in [0.25, 0.3) is 33.3 Å². The maximum atomic E-state index is 11.8. The number of nitrogens with zero attached hydrogens (tertiary/aromatic N) is 1. The Morgan fingerprint density at radius 3 is 2.77 bits per heavy atom. The Morgan fingerprint density at radius 1 is 1.12 bits per heavy atom. The molecule has 1 N–H and O–H groups in total. The molecule has 0 fully saturated rings. The number of carbonyl (C=O) groups excluding carboxylic acids is 1. The monoisotopic (exact) mass is 408 g/mol. The summed E-state index contributed by atoms with van der Waals surface area (Å²) < 4.78 is 7.01. The van der Waals surface area contributed by atoms with E-state index in [1.807, 2.05) is 49.4 Å². The molecule has 4 aromatic rings. The predicted molar refractivity (Wildman–Crippen MR) is 108 cm³/mol. The number of aromatic nitrogens is 1. The number of nitrogens with one attached hydrogen (secondary N) is 1. The molecule has 5 heteroatoms. The molecule has 130 valence electrons. The average molecular weight is 409 g/mol. The van der Waals surface area contributed by atoms with E-state index in [-0.39, 0.29) is 5.91 Å². The van der Waals surface area contributed by atoms with Gasteiger partial charge in [-0.05, 0) is 47.5 Å². The van der Waals surface area contributed by atoms with E-state index in [9.17, 15) is 4.79 Å². The molecule has 0 bridgehead atoms. The molecule has 0 saturated heterocycles. The van der Waals surface area contributed by atoms with Crippen molar-refractivity contribution < 1.29 is 9.21 Å². The standard InChI is InChI=1S/C21H17BrN2O2/c1-2-5-20(25)23-13-10-11-19-18(12-13)24-21(26-19)16-8-3-7-15-14(16)6-4-9-17(15)22/h3-4,6-12H,2,5H2,1H3,(H,23,25). The SMILES string of the molecule is CCCC(=O)Nc1ccc2oc(-c3cccc4c(Br)cccc34)nc2c1. The molecular formula is C21H17BrN2O2. The molecule has 0 aliphatic rings. The van der Waals surface area contributed by atoms with E-state index in [4.69, 9.17) is 4.42 Å². The molecule has 0 atom stereocenters. The van der Waals surface area contributed by atoms with Gasteiger partial charge in [-0.1, -0.05) is 47.1 Å². The summed E-state index contributed by atoms with van der Waals surface area (Å²) >= 11 is 3.59. The second kappa shape index (κ2) is 6.92. The minimum Gasteiger partial charge on any atom is -0.436 e. The average Bonchev–Trinajstić information content (AvgIpc) is 3.05. The minimum atomic E-state index is 0.00877. The third-order valence-electron chi connectivity index (χ3n) is 4.25. The van der Waals surface area contributed by atoms with Gasteiger partial charge in [0.15, 0.2) is 5.58 Å². The molecule has 4 nitrogen and oxygen atoms in total. The summed E-state index contributed by atoms with van der Waals surface area (Å²) in [5, 5.41) is 5.08. The molecular weight excluding hydrogens is 392 g/mol. The van der Waals surface area contributed by atoms with Crippen LogP contribution < -0.4 is 5.32 Å². The fourth-order valence-corrected chi connectivity index (χ4v) is 3.53. The molecule has 4 rings (SSSR count). The zero-order chi connectivity index (χ0) is 18.1. The van der Waals surface area contributed by atoms with Gasteiger partial charge in [-0.2, -0.15) is 0 Å². The Hall–Kier alpha value is -2.66. The minimum absolute atomic E-state index is 0.00877. The quantitative estimate of drug-likeness (QED) is 0.440. The van der Waals surface area contributed by atoms with E-state index in [1.54, 1.807) is 0 Å². The van der Waals surface area contributed by atoms with Crippen molar-refractivity contribution in [2.75, 3.05) is 5.32 Å². The summed E-state index contributed by atoms with van der Waals surface area (Å²) in [5.41, 5.74) is 3.09. The zero-order valence-electron chi connectivity index (χ0n) is 14.3. The molecule has 0 aliphatic carbocycles. The fraction of sp³-hybridized carbons (Fsp3) is 0.143. The first-order valence-electron chi connectivity index (χ1n) is 8.54.